The maximum Gasteiger partial charge on any atom is 0.322 e. The van der Waals surface area contributed by atoms with Gasteiger partial charge in [0.1, 0.15) is 5.75 Å². The van der Waals surface area contributed by atoms with E-state index in [2.05, 4.69) is 21.0 Å². The summed E-state index contributed by atoms with van der Waals surface area (Å²) >= 11 is 6.09. The topological polar surface area (TPSA) is 114 Å². The Kier molecular flexibility index (Phi) is 5.75. The Morgan fingerprint density at radius 3 is 2.81 bits per heavy atom. The maximum absolute atomic E-state index is 13.3. The van der Waals surface area contributed by atoms with Crippen LogP contribution in [0.25, 0.3) is 5.57 Å². The fourth-order valence-corrected chi connectivity index (χ4v) is 4.20. The number of imide groups is 1. The van der Waals surface area contributed by atoms with Gasteiger partial charge >= 0.3 is 6.03 Å². The molecule has 0 bridgehead atoms. The molecule has 1 aromatic heterocycles. The second-order valence-corrected chi connectivity index (χ2v) is 7.95. The quantitative estimate of drug-likeness (QED) is 0.577. The fourth-order valence-electron chi connectivity index (χ4n) is 4.04. The Labute approximate surface area is 189 Å². The molecule has 1 aromatic carbocycles. The van der Waals surface area contributed by atoms with Crippen LogP contribution in [0.3, 0.4) is 0 Å². The molecule has 10 heteroatoms. The third kappa shape index (κ3) is 3.75. The van der Waals surface area contributed by atoms with E-state index in [0.29, 0.717) is 34.9 Å². The highest BCUT2D eigenvalue weighted by Crippen LogP contribution is 2.35. The van der Waals surface area contributed by atoms with Gasteiger partial charge in [-0.3, -0.25) is 19.6 Å². The molecule has 0 radical (unpaired) electrons. The van der Waals surface area contributed by atoms with Crippen LogP contribution < -0.4 is 20.7 Å². The summed E-state index contributed by atoms with van der Waals surface area (Å²) < 4.78 is 6.95. The van der Waals surface area contributed by atoms with E-state index in [1.165, 1.54) is 10.9 Å². The normalized spacial score (nSPS) is 20.2. The molecule has 0 saturated carbocycles. The molecule has 1 aliphatic carbocycles. The molecule has 4 rings (SSSR count). The molecule has 4 amide bonds. The van der Waals surface area contributed by atoms with E-state index in [1.54, 1.807) is 38.4 Å². The first kappa shape index (κ1) is 21.6. The van der Waals surface area contributed by atoms with E-state index >= 15 is 0 Å². The zero-order valence-electron chi connectivity index (χ0n) is 17.6. The van der Waals surface area contributed by atoms with Gasteiger partial charge in [-0.15, -0.1) is 0 Å². The molecule has 1 aliphatic heterocycles. The minimum absolute atomic E-state index is 0.138. The van der Waals surface area contributed by atoms with Crippen LogP contribution in [0.5, 0.6) is 5.75 Å². The molecule has 1 atom stereocenters. The number of nitrogens with one attached hydrogen (secondary N) is 3. The predicted molar refractivity (Wildman–Crippen MR) is 118 cm³/mol. The monoisotopic (exact) mass is 455 g/mol. The number of hydrogen-bond acceptors (Lipinski definition) is 5. The maximum atomic E-state index is 13.3. The van der Waals surface area contributed by atoms with Crippen LogP contribution in [0.15, 0.2) is 48.2 Å². The van der Waals surface area contributed by atoms with Gasteiger partial charge in [0.2, 0.25) is 5.91 Å². The molecule has 2 aromatic rings. The molecule has 1 fully saturated rings. The van der Waals surface area contributed by atoms with Crippen LogP contribution in [0.4, 0.5) is 4.79 Å². The Morgan fingerprint density at radius 1 is 1.34 bits per heavy atom. The summed E-state index contributed by atoms with van der Waals surface area (Å²) in [5, 5.41) is 12.3. The van der Waals surface area contributed by atoms with E-state index in [-0.39, 0.29) is 12.5 Å². The number of allylic oxidation sites excluding steroid dienone is 3. The van der Waals surface area contributed by atoms with Gasteiger partial charge in [-0.05, 0) is 42.7 Å². The van der Waals surface area contributed by atoms with Crippen molar-refractivity contribution in [2.45, 2.75) is 18.4 Å². The van der Waals surface area contributed by atoms with E-state index < -0.39 is 17.5 Å². The van der Waals surface area contributed by atoms with Gasteiger partial charge in [-0.25, -0.2) is 4.79 Å². The van der Waals surface area contributed by atoms with Crippen LogP contribution in [-0.4, -0.2) is 41.3 Å². The number of aromatic nitrogens is 2. The van der Waals surface area contributed by atoms with Crippen molar-refractivity contribution in [1.29, 1.82) is 0 Å². The molecular weight excluding hydrogens is 434 g/mol. The smallest absolute Gasteiger partial charge is 0.322 e. The van der Waals surface area contributed by atoms with Crippen LogP contribution in [0.2, 0.25) is 5.02 Å². The Bertz CT molecular complexity index is 1170. The van der Waals surface area contributed by atoms with Crippen molar-refractivity contribution < 1.29 is 19.1 Å². The van der Waals surface area contributed by atoms with Crippen LogP contribution in [-0.2, 0) is 22.2 Å². The lowest BCUT2D eigenvalue weighted by Gasteiger charge is -2.27. The third-order valence-electron chi connectivity index (χ3n) is 5.61. The van der Waals surface area contributed by atoms with Crippen LogP contribution in [0, 0.1) is 0 Å². The number of urea groups is 1. The van der Waals surface area contributed by atoms with Gasteiger partial charge in [0.05, 0.1) is 19.3 Å². The van der Waals surface area contributed by atoms with Crippen molar-refractivity contribution in [1.82, 2.24) is 25.7 Å². The van der Waals surface area contributed by atoms with Crippen molar-refractivity contribution in [3.63, 3.8) is 0 Å². The number of benzene rings is 1. The first-order chi connectivity index (χ1) is 15.4. The average molecular weight is 456 g/mol. The number of halogens is 1. The number of carbonyl (C=O) groups excluding carboxylic acids is 3. The lowest BCUT2D eigenvalue weighted by atomic mass is 9.90. The summed E-state index contributed by atoms with van der Waals surface area (Å²) in [5.41, 5.74) is 1.01. The second-order valence-electron chi connectivity index (χ2n) is 7.51. The van der Waals surface area contributed by atoms with Gasteiger partial charge in [0.15, 0.2) is 5.54 Å². The summed E-state index contributed by atoms with van der Waals surface area (Å²) in [7, 11) is 3.21. The standard InChI is InChI=1S/C22H22ClN5O4/c1-28-18(9-10-25-28)22(20(30)26-21(31)27-22)12-24-19(29)16-6-4-3-5-14(16)15-8-7-13(23)11-17(15)32-2/h3,5,7-11H,4,6,12H2,1-2H3,(H,24,29)(H2,26,27,30,31). The summed E-state index contributed by atoms with van der Waals surface area (Å²) in [5.74, 6) is -0.335. The summed E-state index contributed by atoms with van der Waals surface area (Å²) in [4.78, 5) is 37.9. The van der Waals surface area contributed by atoms with Gasteiger partial charge in [-0.1, -0.05) is 23.8 Å². The third-order valence-corrected chi connectivity index (χ3v) is 5.85. The van der Waals surface area contributed by atoms with Gasteiger partial charge < -0.3 is 15.4 Å². The fraction of sp³-hybridized carbons (Fsp3) is 0.273. The Hall–Kier alpha value is -3.59. The molecule has 2 heterocycles. The van der Waals surface area contributed by atoms with E-state index in [0.717, 1.165) is 11.1 Å². The number of rotatable bonds is 6. The number of amides is 4. The predicted octanol–water partition coefficient (Wildman–Crippen LogP) is 2.04. The molecule has 0 spiro atoms. The number of methoxy groups -OCH3 is 1. The first-order valence-electron chi connectivity index (χ1n) is 9.99. The molecule has 1 saturated heterocycles. The minimum atomic E-state index is -1.46. The van der Waals surface area contributed by atoms with Crippen LogP contribution in [0.1, 0.15) is 24.1 Å². The largest absolute Gasteiger partial charge is 0.496 e. The molecule has 1 unspecified atom stereocenters. The summed E-state index contributed by atoms with van der Waals surface area (Å²) in [6, 6.07) is 6.24. The zero-order valence-corrected chi connectivity index (χ0v) is 18.3. The van der Waals surface area contributed by atoms with Crippen molar-refractivity contribution >= 4 is 35.0 Å². The number of nitrogens with zero attached hydrogens (tertiary/aromatic N) is 2. The van der Waals surface area contributed by atoms with Crippen molar-refractivity contribution in [2.75, 3.05) is 13.7 Å². The molecular formula is C22H22ClN5O4. The van der Waals surface area contributed by atoms with Gasteiger partial charge in [0.25, 0.3) is 5.91 Å². The number of aryl methyl sites for hydroxylation is 1. The van der Waals surface area contributed by atoms with E-state index in [1.807, 2.05) is 12.2 Å². The highest BCUT2D eigenvalue weighted by atomic mass is 35.5. The summed E-state index contributed by atoms with van der Waals surface area (Å²) in [6.07, 6.45) is 6.61. The lowest BCUT2D eigenvalue weighted by Crippen LogP contribution is -2.53. The van der Waals surface area contributed by atoms with Crippen molar-refractivity contribution in [3.05, 3.63) is 64.5 Å². The highest BCUT2D eigenvalue weighted by molar-refractivity contribution is 6.30. The van der Waals surface area contributed by atoms with Gasteiger partial charge in [0, 0.05) is 29.4 Å². The highest BCUT2D eigenvalue weighted by Gasteiger charge is 2.50. The van der Waals surface area contributed by atoms with Crippen LogP contribution >= 0.6 is 11.6 Å². The summed E-state index contributed by atoms with van der Waals surface area (Å²) in [6.45, 7) is -0.138. The zero-order chi connectivity index (χ0) is 22.9. The molecule has 3 N–H and O–H groups in total. The van der Waals surface area contributed by atoms with Crippen molar-refractivity contribution in [3.8, 4) is 5.75 Å². The van der Waals surface area contributed by atoms with E-state index in [4.69, 9.17) is 16.3 Å². The molecule has 32 heavy (non-hydrogen) atoms. The Morgan fingerprint density at radius 2 is 2.16 bits per heavy atom. The lowest BCUT2D eigenvalue weighted by molar-refractivity contribution is -0.125. The SMILES string of the molecule is COc1cc(Cl)ccc1C1=C(C(=O)NCC2(c3ccnn3C)NC(=O)NC2=O)CCC=C1. The van der Waals surface area contributed by atoms with Gasteiger partial charge in [-0.2, -0.15) is 5.10 Å². The number of ether oxygens (including phenoxy) is 1. The number of carbonyl (C=O) groups is 3. The number of hydrogen-bond donors (Lipinski definition) is 3. The minimum Gasteiger partial charge on any atom is -0.496 e. The van der Waals surface area contributed by atoms with E-state index in [9.17, 15) is 14.4 Å². The molecule has 2 aliphatic rings. The van der Waals surface area contributed by atoms with Crippen molar-refractivity contribution in [2.24, 2.45) is 7.05 Å². The molecule has 9 nitrogen and oxygen atoms in total. The second kappa shape index (κ2) is 8.51. The first-order valence-corrected chi connectivity index (χ1v) is 10.4. The Balaban J connectivity index is 1.66. The molecule has 166 valence electrons. The average Bonchev–Trinajstić information content (AvgIpc) is 3.34.